The van der Waals surface area contributed by atoms with E-state index in [0.29, 0.717) is 6.54 Å². The van der Waals surface area contributed by atoms with E-state index < -0.39 is 26.4 Å². The minimum absolute atomic E-state index is 0.0130. The van der Waals surface area contributed by atoms with Crippen molar-refractivity contribution in [1.82, 2.24) is 5.32 Å². The molecule has 108 valence electrons. The molecule has 0 aliphatic heterocycles. The molecule has 0 radical (unpaired) electrons. The zero-order chi connectivity index (χ0) is 14.6. The van der Waals surface area contributed by atoms with Gasteiger partial charge in [-0.2, -0.15) is 8.78 Å². The van der Waals surface area contributed by atoms with Crippen LogP contribution in [0.4, 0.5) is 8.78 Å². The smallest absolute Gasteiger partial charge is 0.341 e. The molecule has 0 spiro atoms. The summed E-state index contributed by atoms with van der Waals surface area (Å²) in [6.45, 7) is 2.40. The maximum absolute atomic E-state index is 12.5. The van der Waals surface area contributed by atoms with Crippen molar-refractivity contribution in [2.24, 2.45) is 11.7 Å². The zero-order valence-corrected chi connectivity index (χ0v) is 11.7. The minimum Gasteiger partial charge on any atom is -0.351 e. The third kappa shape index (κ3) is 3.71. The fourth-order valence-corrected chi connectivity index (χ4v) is 3.30. The van der Waals surface area contributed by atoms with Crippen LogP contribution in [-0.4, -0.2) is 33.2 Å². The summed E-state index contributed by atoms with van der Waals surface area (Å²) in [5, 5.41) is 3.76. The molecule has 1 amide bonds. The lowest BCUT2D eigenvalue weighted by atomic mass is 10.2. The highest BCUT2D eigenvalue weighted by atomic mass is 32.2. The first-order chi connectivity index (χ1) is 8.80. The van der Waals surface area contributed by atoms with Gasteiger partial charge < -0.3 is 11.1 Å². The van der Waals surface area contributed by atoms with Gasteiger partial charge in [-0.15, -0.1) is 11.3 Å². The second-order valence-electron chi connectivity index (χ2n) is 3.97. The fourth-order valence-electron chi connectivity index (χ4n) is 1.21. The number of rotatable bonds is 6. The molecule has 0 bridgehead atoms. The summed E-state index contributed by atoms with van der Waals surface area (Å²) in [4.78, 5) is 10.9. The van der Waals surface area contributed by atoms with Crippen LogP contribution in [0.15, 0.2) is 16.3 Å². The predicted molar refractivity (Wildman–Crippen MR) is 68.1 cm³/mol. The van der Waals surface area contributed by atoms with Gasteiger partial charge >= 0.3 is 5.76 Å². The summed E-state index contributed by atoms with van der Waals surface area (Å²) in [6, 6.07) is 1.01. The molecule has 9 heteroatoms. The molecule has 3 N–H and O–H groups in total. The Morgan fingerprint density at radius 3 is 2.68 bits per heavy atom. The van der Waals surface area contributed by atoms with Gasteiger partial charge in [0.05, 0.1) is 4.90 Å². The second kappa shape index (κ2) is 6.40. The summed E-state index contributed by atoms with van der Waals surface area (Å²) in [5.74, 6) is -4.22. The number of halogens is 2. The number of nitrogens with two attached hydrogens (primary N) is 1. The molecule has 0 saturated heterocycles. The average molecular weight is 312 g/mol. The molecular formula is C10H14F2N2O3S2. The third-order valence-corrected chi connectivity index (χ3v) is 4.85. The van der Waals surface area contributed by atoms with Crippen LogP contribution in [0.25, 0.3) is 0 Å². The van der Waals surface area contributed by atoms with E-state index in [1.165, 1.54) is 5.38 Å². The van der Waals surface area contributed by atoms with Crippen molar-refractivity contribution in [3.63, 3.8) is 0 Å². The number of sulfone groups is 1. The molecule has 0 aromatic carbocycles. The molecule has 5 nitrogen and oxygen atoms in total. The molecule has 0 aliphatic carbocycles. The first-order valence-corrected chi connectivity index (χ1v) is 7.81. The van der Waals surface area contributed by atoms with Crippen LogP contribution in [0.3, 0.4) is 0 Å². The van der Waals surface area contributed by atoms with E-state index in [1.807, 2.05) is 0 Å². The highest BCUT2D eigenvalue weighted by Crippen LogP contribution is 2.26. The Balaban J connectivity index is 2.92. The molecule has 1 heterocycles. The molecule has 1 rings (SSSR count). The van der Waals surface area contributed by atoms with Crippen molar-refractivity contribution < 1.29 is 22.0 Å². The van der Waals surface area contributed by atoms with Gasteiger partial charge in [-0.05, 0) is 23.9 Å². The number of carbonyl (C=O) groups is 1. The van der Waals surface area contributed by atoms with E-state index in [9.17, 15) is 22.0 Å². The Morgan fingerprint density at radius 1 is 1.53 bits per heavy atom. The van der Waals surface area contributed by atoms with Crippen molar-refractivity contribution in [3.05, 3.63) is 16.3 Å². The third-order valence-electron chi connectivity index (χ3n) is 2.39. The average Bonchev–Trinajstić information content (AvgIpc) is 2.84. The van der Waals surface area contributed by atoms with Crippen molar-refractivity contribution in [2.75, 3.05) is 13.1 Å². The van der Waals surface area contributed by atoms with Crippen LogP contribution in [0.1, 0.15) is 16.6 Å². The van der Waals surface area contributed by atoms with Crippen molar-refractivity contribution in [1.29, 1.82) is 0 Å². The van der Waals surface area contributed by atoms with E-state index in [-0.39, 0.29) is 17.3 Å². The maximum Gasteiger partial charge on any atom is 0.341 e. The molecule has 1 aromatic rings. The van der Waals surface area contributed by atoms with Crippen LogP contribution >= 0.6 is 11.3 Å². The zero-order valence-electron chi connectivity index (χ0n) is 10.1. The lowest BCUT2D eigenvalue weighted by molar-refractivity contribution is 0.0949. The van der Waals surface area contributed by atoms with E-state index in [2.05, 4.69) is 5.32 Å². The number of alkyl halides is 2. The topological polar surface area (TPSA) is 89.3 Å². The number of thiophene rings is 1. The van der Waals surface area contributed by atoms with Crippen molar-refractivity contribution >= 4 is 27.1 Å². The minimum atomic E-state index is -4.76. The van der Waals surface area contributed by atoms with Gasteiger partial charge in [0.15, 0.2) is 0 Å². The molecule has 1 atom stereocenters. The number of hydrogen-bond donors (Lipinski definition) is 2. The lowest BCUT2D eigenvalue weighted by Crippen LogP contribution is -2.31. The van der Waals surface area contributed by atoms with Crippen LogP contribution in [-0.2, 0) is 9.84 Å². The number of hydrogen-bond acceptors (Lipinski definition) is 5. The number of nitrogens with one attached hydrogen (secondary N) is 1. The van der Waals surface area contributed by atoms with Gasteiger partial charge in [-0.1, -0.05) is 6.92 Å². The van der Waals surface area contributed by atoms with Gasteiger partial charge in [0.2, 0.25) is 9.84 Å². The summed E-state index contributed by atoms with van der Waals surface area (Å²) >= 11 is 0.805. The van der Waals surface area contributed by atoms with E-state index in [1.54, 1.807) is 6.92 Å². The highest BCUT2D eigenvalue weighted by Gasteiger charge is 2.32. The molecular weight excluding hydrogens is 298 g/mol. The van der Waals surface area contributed by atoms with Crippen LogP contribution < -0.4 is 11.1 Å². The van der Waals surface area contributed by atoms with Gasteiger partial charge in [0.1, 0.15) is 4.88 Å². The molecule has 0 fully saturated rings. The summed E-state index contributed by atoms with van der Waals surface area (Å²) in [7, 11) is -4.76. The Bertz CT molecular complexity index is 543. The molecule has 0 saturated carbocycles. The number of carbonyl (C=O) groups excluding carboxylic acids is 1. The first-order valence-electron chi connectivity index (χ1n) is 5.38. The van der Waals surface area contributed by atoms with Gasteiger partial charge in [0, 0.05) is 6.54 Å². The van der Waals surface area contributed by atoms with E-state index in [4.69, 9.17) is 5.73 Å². The molecule has 19 heavy (non-hydrogen) atoms. The van der Waals surface area contributed by atoms with E-state index in [0.717, 1.165) is 17.4 Å². The Morgan fingerprint density at radius 2 is 2.16 bits per heavy atom. The monoisotopic (exact) mass is 312 g/mol. The second-order valence-corrected chi connectivity index (χ2v) is 6.77. The van der Waals surface area contributed by atoms with Gasteiger partial charge in [-0.3, -0.25) is 4.79 Å². The summed E-state index contributed by atoms with van der Waals surface area (Å²) in [6.07, 6.45) is 0. The Labute approximate surface area is 113 Å². The summed E-state index contributed by atoms with van der Waals surface area (Å²) in [5.41, 5.74) is 5.37. The first kappa shape index (κ1) is 16.0. The van der Waals surface area contributed by atoms with Crippen LogP contribution in [0, 0.1) is 5.92 Å². The van der Waals surface area contributed by atoms with Crippen LogP contribution in [0.5, 0.6) is 0 Å². The largest absolute Gasteiger partial charge is 0.351 e. The molecule has 1 aromatic heterocycles. The highest BCUT2D eigenvalue weighted by molar-refractivity contribution is 7.92. The number of amides is 1. The van der Waals surface area contributed by atoms with Crippen molar-refractivity contribution in [2.45, 2.75) is 17.6 Å². The summed E-state index contributed by atoms with van der Waals surface area (Å²) < 4.78 is 47.7. The van der Waals surface area contributed by atoms with E-state index >= 15 is 0 Å². The van der Waals surface area contributed by atoms with Crippen molar-refractivity contribution in [3.8, 4) is 0 Å². The quantitative estimate of drug-likeness (QED) is 0.822. The Hall–Kier alpha value is -1.06. The SMILES string of the molecule is CC(CN)CNC(=O)c1sccc1S(=O)(=O)C(F)F. The predicted octanol–water partition coefficient (Wildman–Crippen LogP) is 1.07. The fraction of sp³-hybridized carbons (Fsp3) is 0.500. The molecule has 0 aliphatic rings. The van der Waals surface area contributed by atoms with Gasteiger partial charge in [-0.25, -0.2) is 8.42 Å². The van der Waals surface area contributed by atoms with Crippen LogP contribution in [0.2, 0.25) is 0 Å². The standard InChI is InChI=1S/C10H14F2N2O3S2/c1-6(4-13)5-14-9(15)8-7(2-3-18-8)19(16,17)10(11)12/h2-3,6,10H,4-5,13H2,1H3,(H,14,15). The Kier molecular flexibility index (Phi) is 5.39. The normalized spacial score (nSPS) is 13.5. The molecule has 1 unspecified atom stereocenters. The maximum atomic E-state index is 12.5. The van der Waals surface area contributed by atoms with Gasteiger partial charge in [0.25, 0.3) is 5.91 Å². The lowest BCUT2D eigenvalue weighted by Gasteiger charge is -2.10.